The molecule has 2 aromatic rings. The highest BCUT2D eigenvalue weighted by Gasteiger charge is 2.15. The van der Waals surface area contributed by atoms with Crippen LogP contribution in [-0.2, 0) is 0 Å². The first-order chi connectivity index (χ1) is 9.49. The summed E-state index contributed by atoms with van der Waals surface area (Å²) in [5, 5.41) is 4.60. The van der Waals surface area contributed by atoms with E-state index in [0.717, 1.165) is 22.0 Å². The van der Waals surface area contributed by atoms with Crippen LogP contribution in [0.25, 0.3) is 0 Å². The normalized spacial score (nSPS) is 12.5. The number of benzene rings is 1. The van der Waals surface area contributed by atoms with Crippen LogP contribution in [0.5, 0.6) is 0 Å². The Bertz CT molecular complexity index is 599. The lowest BCUT2D eigenvalue weighted by Gasteiger charge is -2.19. The average molecular weight is 310 g/mol. The van der Waals surface area contributed by atoms with Crippen LogP contribution < -0.4 is 5.32 Å². The van der Waals surface area contributed by atoms with Crippen molar-refractivity contribution in [2.24, 2.45) is 0 Å². The Labute approximate surface area is 129 Å². The van der Waals surface area contributed by atoms with Crippen molar-refractivity contribution >= 4 is 29.0 Å². The van der Waals surface area contributed by atoms with Crippen molar-refractivity contribution in [3.63, 3.8) is 0 Å². The maximum absolute atomic E-state index is 6.17. The zero-order valence-corrected chi connectivity index (χ0v) is 13.2. The van der Waals surface area contributed by atoms with Gasteiger partial charge in [-0.15, -0.1) is 0 Å². The quantitative estimate of drug-likeness (QED) is 0.800. The molecule has 0 fully saturated rings. The largest absolute Gasteiger partial charge is 0.363 e. The molecule has 1 aromatic carbocycles. The standard InChI is InChI=1S/C15H17Cl2N3/c1-9(2)13-14(17)18-8-19-15(13)20-10(3)11-5-4-6-12(16)7-11/h4-10H,1-3H3,(H,18,19,20). The van der Waals surface area contributed by atoms with Crippen molar-refractivity contribution in [2.75, 3.05) is 5.32 Å². The van der Waals surface area contributed by atoms with Crippen molar-refractivity contribution in [1.29, 1.82) is 0 Å². The fourth-order valence-corrected chi connectivity index (χ4v) is 2.62. The van der Waals surface area contributed by atoms with E-state index in [2.05, 4.69) is 36.1 Å². The molecule has 0 aliphatic carbocycles. The molecule has 0 radical (unpaired) electrons. The summed E-state index contributed by atoms with van der Waals surface area (Å²) in [6.07, 6.45) is 1.47. The number of nitrogens with one attached hydrogen (secondary N) is 1. The van der Waals surface area contributed by atoms with Gasteiger partial charge in [-0.05, 0) is 30.5 Å². The van der Waals surface area contributed by atoms with Gasteiger partial charge in [-0.3, -0.25) is 0 Å². The predicted molar refractivity (Wildman–Crippen MR) is 84.6 cm³/mol. The highest BCUT2D eigenvalue weighted by atomic mass is 35.5. The lowest BCUT2D eigenvalue weighted by molar-refractivity contribution is 0.818. The van der Waals surface area contributed by atoms with Gasteiger partial charge in [0.05, 0.1) is 6.04 Å². The molecule has 1 atom stereocenters. The van der Waals surface area contributed by atoms with Crippen LogP contribution in [0.3, 0.4) is 0 Å². The molecule has 0 amide bonds. The summed E-state index contributed by atoms with van der Waals surface area (Å²) in [7, 11) is 0. The Hall–Kier alpha value is -1.32. The number of aromatic nitrogens is 2. The summed E-state index contributed by atoms with van der Waals surface area (Å²) in [6, 6.07) is 7.85. The van der Waals surface area contributed by atoms with E-state index < -0.39 is 0 Å². The lowest BCUT2D eigenvalue weighted by atomic mass is 10.0. The number of halogens is 2. The minimum Gasteiger partial charge on any atom is -0.363 e. The van der Waals surface area contributed by atoms with Gasteiger partial charge in [-0.2, -0.15) is 0 Å². The van der Waals surface area contributed by atoms with Gasteiger partial charge in [-0.1, -0.05) is 49.2 Å². The number of nitrogens with zero attached hydrogens (tertiary/aromatic N) is 2. The van der Waals surface area contributed by atoms with Gasteiger partial charge in [0.15, 0.2) is 0 Å². The van der Waals surface area contributed by atoms with Crippen LogP contribution >= 0.6 is 23.2 Å². The van der Waals surface area contributed by atoms with Crippen LogP contribution in [0.2, 0.25) is 10.2 Å². The minimum atomic E-state index is 0.0807. The molecule has 1 heterocycles. The second kappa shape index (κ2) is 6.42. The monoisotopic (exact) mass is 309 g/mol. The van der Waals surface area contributed by atoms with Gasteiger partial charge >= 0.3 is 0 Å². The Morgan fingerprint density at radius 1 is 1.10 bits per heavy atom. The van der Waals surface area contributed by atoms with Crippen molar-refractivity contribution < 1.29 is 0 Å². The van der Waals surface area contributed by atoms with Crippen LogP contribution in [-0.4, -0.2) is 9.97 Å². The first-order valence-corrected chi connectivity index (χ1v) is 7.27. The Balaban J connectivity index is 2.28. The van der Waals surface area contributed by atoms with Crippen molar-refractivity contribution in [3.05, 3.63) is 51.9 Å². The molecule has 0 aliphatic rings. The second-order valence-corrected chi connectivity index (χ2v) is 5.80. The Morgan fingerprint density at radius 2 is 1.85 bits per heavy atom. The fraction of sp³-hybridized carbons (Fsp3) is 0.333. The van der Waals surface area contributed by atoms with Gasteiger partial charge in [0, 0.05) is 10.6 Å². The number of anilines is 1. The Kier molecular flexibility index (Phi) is 4.84. The van der Waals surface area contributed by atoms with E-state index in [4.69, 9.17) is 23.2 Å². The van der Waals surface area contributed by atoms with Crippen molar-refractivity contribution in [3.8, 4) is 0 Å². The molecule has 2 rings (SSSR count). The molecule has 1 unspecified atom stereocenters. The summed E-state index contributed by atoms with van der Waals surface area (Å²) < 4.78 is 0. The smallest absolute Gasteiger partial charge is 0.138 e. The van der Waals surface area contributed by atoms with E-state index in [0.29, 0.717) is 5.15 Å². The summed E-state index contributed by atoms with van der Waals surface area (Å²) in [6.45, 7) is 6.20. The van der Waals surface area contributed by atoms with E-state index in [1.165, 1.54) is 6.33 Å². The highest BCUT2D eigenvalue weighted by Crippen LogP contribution is 2.30. The molecule has 0 spiro atoms. The predicted octanol–water partition coefficient (Wildman–Crippen LogP) is 5.08. The molecule has 1 N–H and O–H groups in total. The maximum Gasteiger partial charge on any atom is 0.138 e. The molecule has 106 valence electrons. The molecule has 3 nitrogen and oxygen atoms in total. The van der Waals surface area contributed by atoms with Crippen LogP contribution in [0, 0.1) is 0 Å². The number of hydrogen-bond acceptors (Lipinski definition) is 3. The van der Waals surface area contributed by atoms with Gasteiger partial charge in [0.2, 0.25) is 0 Å². The van der Waals surface area contributed by atoms with Gasteiger partial charge in [-0.25, -0.2) is 9.97 Å². The van der Waals surface area contributed by atoms with Crippen LogP contribution in [0.15, 0.2) is 30.6 Å². The molecule has 1 aromatic heterocycles. The van der Waals surface area contributed by atoms with Crippen LogP contribution in [0.1, 0.15) is 43.9 Å². The van der Waals surface area contributed by atoms with E-state index in [9.17, 15) is 0 Å². The average Bonchev–Trinajstić information content (AvgIpc) is 2.38. The summed E-state index contributed by atoms with van der Waals surface area (Å²) in [5.41, 5.74) is 2.03. The SMILES string of the molecule is CC(C)c1c(Cl)ncnc1NC(C)c1cccc(Cl)c1. The van der Waals surface area contributed by atoms with Gasteiger partial charge in [0.1, 0.15) is 17.3 Å². The lowest BCUT2D eigenvalue weighted by Crippen LogP contribution is -2.11. The first-order valence-electron chi connectivity index (χ1n) is 6.51. The summed E-state index contributed by atoms with van der Waals surface area (Å²) in [5.74, 6) is 1.02. The van der Waals surface area contributed by atoms with Gasteiger partial charge in [0.25, 0.3) is 0 Å². The molecule has 0 aliphatic heterocycles. The molecule has 0 saturated heterocycles. The molecule has 5 heteroatoms. The van der Waals surface area contributed by atoms with Crippen LogP contribution in [0.4, 0.5) is 5.82 Å². The highest BCUT2D eigenvalue weighted by molar-refractivity contribution is 6.30. The van der Waals surface area contributed by atoms with Crippen molar-refractivity contribution in [1.82, 2.24) is 9.97 Å². The summed E-state index contributed by atoms with van der Waals surface area (Å²) >= 11 is 12.2. The van der Waals surface area contributed by atoms with E-state index in [-0.39, 0.29) is 12.0 Å². The molecular formula is C15H17Cl2N3. The summed E-state index contributed by atoms with van der Waals surface area (Å²) in [4.78, 5) is 8.36. The fourth-order valence-electron chi connectivity index (χ4n) is 2.07. The van der Waals surface area contributed by atoms with Crippen molar-refractivity contribution in [2.45, 2.75) is 32.7 Å². The molecule has 20 heavy (non-hydrogen) atoms. The third-order valence-electron chi connectivity index (χ3n) is 3.11. The third kappa shape index (κ3) is 3.41. The zero-order valence-electron chi connectivity index (χ0n) is 11.7. The molecular weight excluding hydrogens is 293 g/mol. The topological polar surface area (TPSA) is 37.8 Å². The number of rotatable bonds is 4. The zero-order chi connectivity index (χ0) is 14.7. The minimum absolute atomic E-state index is 0.0807. The maximum atomic E-state index is 6.17. The number of hydrogen-bond donors (Lipinski definition) is 1. The van der Waals surface area contributed by atoms with E-state index >= 15 is 0 Å². The Morgan fingerprint density at radius 3 is 2.50 bits per heavy atom. The first kappa shape index (κ1) is 15.1. The molecule has 0 saturated carbocycles. The van der Waals surface area contributed by atoms with Gasteiger partial charge < -0.3 is 5.32 Å². The molecule has 0 bridgehead atoms. The third-order valence-corrected chi connectivity index (χ3v) is 3.65. The second-order valence-electron chi connectivity index (χ2n) is 5.00. The van der Waals surface area contributed by atoms with E-state index in [1.807, 2.05) is 24.3 Å². The van der Waals surface area contributed by atoms with E-state index in [1.54, 1.807) is 0 Å².